The molecule has 1 rings (SSSR count). The highest BCUT2D eigenvalue weighted by atomic mass is 79.9. The highest BCUT2D eigenvalue weighted by Gasteiger charge is 2.09. The predicted molar refractivity (Wildman–Crippen MR) is 58.8 cm³/mol. The summed E-state index contributed by atoms with van der Waals surface area (Å²) in [5, 5.41) is 9.07. The van der Waals surface area contributed by atoms with E-state index in [9.17, 15) is 0 Å². The SMILES string of the molecule is C=C(Br)C(CO)Cc1ccccc1. The van der Waals surface area contributed by atoms with Gasteiger partial charge in [-0.1, -0.05) is 52.8 Å². The van der Waals surface area contributed by atoms with Gasteiger partial charge in [-0.3, -0.25) is 0 Å². The summed E-state index contributed by atoms with van der Waals surface area (Å²) in [6.07, 6.45) is 0.835. The van der Waals surface area contributed by atoms with Crippen molar-refractivity contribution in [2.75, 3.05) is 6.61 Å². The lowest BCUT2D eigenvalue weighted by molar-refractivity contribution is 0.251. The van der Waals surface area contributed by atoms with Crippen LogP contribution in [0.25, 0.3) is 0 Å². The maximum Gasteiger partial charge on any atom is 0.0507 e. The van der Waals surface area contributed by atoms with Gasteiger partial charge in [-0.15, -0.1) is 0 Å². The Morgan fingerprint density at radius 1 is 1.38 bits per heavy atom. The zero-order chi connectivity index (χ0) is 9.68. The van der Waals surface area contributed by atoms with E-state index in [1.807, 2.05) is 18.2 Å². The highest BCUT2D eigenvalue weighted by Crippen LogP contribution is 2.19. The molecule has 0 aliphatic carbocycles. The van der Waals surface area contributed by atoms with Crippen LogP contribution in [0.15, 0.2) is 41.4 Å². The third kappa shape index (κ3) is 3.33. The van der Waals surface area contributed by atoms with Crippen molar-refractivity contribution in [2.45, 2.75) is 6.42 Å². The van der Waals surface area contributed by atoms with Gasteiger partial charge < -0.3 is 5.11 Å². The van der Waals surface area contributed by atoms with Crippen LogP contribution in [0.5, 0.6) is 0 Å². The molecule has 0 fully saturated rings. The summed E-state index contributed by atoms with van der Waals surface area (Å²) < 4.78 is 0.860. The standard InChI is InChI=1S/C11H13BrO/c1-9(12)11(8-13)7-10-5-3-2-4-6-10/h2-6,11,13H,1,7-8H2. The monoisotopic (exact) mass is 240 g/mol. The van der Waals surface area contributed by atoms with Crippen LogP contribution in [0, 0.1) is 5.92 Å². The minimum Gasteiger partial charge on any atom is -0.396 e. The Hall–Kier alpha value is -0.600. The van der Waals surface area contributed by atoms with Crippen molar-refractivity contribution in [3.05, 3.63) is 47.0 Å². The molecule has 2 heteroatoms. The molecule has 0 saturated carbocycles. The normalized spacial score (nSPS) is 12.5. The first-order valence-electron chi connectivity index (χ1n) is 4.23. The number of hydrogen-bond donors (Lipinski definition) is 1. The molecule has 70 valence electrons. The van der Waals surface area contributed by atoms with E-state index in [1.54, 1.807) is 0 Å². The zero-order valence-corrected chi connectivity index (χ0v) is 9.00. The number of hydrogen-bond acceptors (Lipinski definition) is 1. The number of halogens is 1. The van der Waals surface area contributed by atoms with Crippen LogP contribution < -0.4 is 0 Å². The Labute approximate surface area is 87.2 Å². The Bertz CT molecular complexity index is 269. The molecule has 0 aromatic heterocycles. The summed E-state index contributed by atoms with van der Waals surface area (Å²) >= 11 is 3.30. The molecule has 1 aromatic carbocycles. The molecule has 0 spiro atoms. The summed E-state index contributed by atoms with van der Waals surface area (Å²) in [5.41, 5.74) is 1.22. The van der Waals surface area contributed by atoms with Crippen LogP contribution in [-0.4, -0.2) is 11.7 Å². The molecule has 0 saturated heterocycles. The topological polar surface area (TPSA) is 20.2 Å². The van der Waals surface area contributed by atoms with Gasteiger partial charge in [0.2, 0.25) is 0 Å². The third-order valence-corrected chi connectivity index (χ3v) is 2.64. The van der Waals surface area contributed by atoms with Gasteiger partial charge in [0.1, 0.15) is 0 Å². The van der Waals surface area contributed by atoms with Crippen molar-refractivity contribution in [2.24, 2.45) is 5.92 Å². The second-order valence-electron chi connectivity index (χ2n) is 3.02. The fraction of sp³-hybridized carbons (Fsp3) is 0.273. The molecular formula is C11H13BrO. The Morgan fingerprint density at radius 3 is 2.46 bits per heavy atom. The third-order valence-electron chi connectivity index (χ3n) is 1.99. The van der Waals surface area contributed by atoms with Gasteiger partial charge >= 0.3 is 0 Å². The van der Waals surface area contributed by atoms with Crippen molar-refractivity contribution < 1.29 is 5.11 Å². The molecule has 1 nitrogen and oxygen atoms in total. The second kappa shape index (κ2) is 5.20. The van der Waals surface area contributed by atoms with E-state index >= 15 is 0 Å². The molecule has 1 unspecified atom stereocenters. The van der Waals surface area contributed by atoms with Crippen LogP contribution in [0.3, 0.4) is 0 Å². The lowest BCUT2D eigenvalue weighted by Gasteiger charge is -2.12. The van der Waals surface area contributed by atoms with Crippen molar-refractivity contribution in [1.82, 2.24) is 0 Å². The summed E-state index contributed by atoms with van der Waals surface area (Å²) in [4.78, 5) is 0. The van der Waals surface area contributed by atoms with Crippen molar-refractivity contribution >= 4 is 15.9 Å². The molecule has 0 amide bonds. The summed E-state index contributed by atoms with van der Waals surface area (Å²) in [6.45, 7) is 3.92. The molecule has 13 heavy (non-hydrogen) atoms. The lowest BCUT2D eigenvalue weighted by Crippen LogP contribution is -2.08. The van der Waals surface area contributed by atoms with Crippen LogP contribution in [-0.2, 0) is 6.42 Å². The van der Waals surface area contributed by atoms with Gasteiger partial charge in [0.15, 0.2) is 0 Å². The van der Waals surface area contributed by atoms with E-state index in [0.29, 0.717) is 0 Å². The van der Waals surface area contributed by atoms with Crippen molar-refractivity contribution in [3.63, 3.8) is 0 Å². The van der Waals surface area contributed by atoms with E-state index < -0.39 is 0 Å². The van der Waals surface area contributed by atoms with E-state index in [4.69, 9.17) is 5.11 Å². The number of aliphatic hydroxyl groups is 1. The van der Waals surface area contributed by atoms with Crippen LogP contribution >= 0.6 is 15.9 Å². The van der Waals surface area contributed by atoms with E-state index in [-0.39, 0.29) is 12.5 Å². The van der Waals surface area contributed by atoms with Gasteiger partial charge in [0, 0.05) is 5.92 Å². The molecule has 1 atom stereocenters. The molecule has 0 heterocycles. The Morgan fingerprint density at radius 2 is 2.00 bits per heavy atom. The number of aliphatic hydroxyl groups excluding tert-OH is 1. The first kappa shape index (κ1) is 10.5. The molecule has 0 aliphatic rings. The molecule has 1 aromatic rings. The first-order chi connectivity index (χ1) is 6.24. The van der Waals surface area contributed by atoms with Crippen LogP contribution in [0.1, 0.15) is 5.56 Å². The fourth-order valence-corrected chi connectivity index (χ4v) is 1.48. The maximum absolute atomic E-state index is 9.07. The number of rotatable bonds is 4. The van der Waals surface area contributed by atoms with Crippen molar-refractivity contribution in [1.29, 1.82) is 0 Å². The minimum absolute atomic E-state index is 0.113. The molecule has 0 radical (unpaired) electrons. The van der Waals surface area contributed by atoms with Crippen LogP contribution in [0.2, 0.25) is 0 Å². The average Bonchev–Trinajstić information content (AvgIpc) is 2.15. The van der Waals surface area contributed by atoms with Crippen molar-refractivity contribution in [3.8, 4) is 0 Å². The minimum atomic E-state index is 0.113. The average molecular weight is 241 g/mol. The number of benzene rings is 1. The zero-order valence-electron chi connectivity index (χ0n) is 7.41. The van der Waals surface area contributed by atoms with Crippen LogP contribution in [0.4, 0.5) is 0 Å². The summed E-state index contributed by atoms with van der Waals surface area (Å²) in [7, 11) is 0. The van der Waals surface area contributed by atoms with Gasteiger partial charge in [-0.2, -0.15) is 0 Å². The van der Waals surface area contributed by atoms with Gasteiger partial charge in [0.05, 0.1) is 6.61 Å². The second-order valence-corrected chi connectivity index (χ2v) is 4.03. The van der Waals surface area contributed by atoms with Gasteiger partial charge in [-0.05, 0) is 16.5 Å². The van der Waals surface area contributed by atoms with E-state index in [0.717, 1.165) is 10.9 Å². The summed E-state index contributed by atoms with van der Waals surface area (Å²) in [5.74, 6) is 0.113. The van der Waals surface area contributed by atoms with Gasteiger partial charge in [0.25, 0.3) is 0 Å². The first-order valence-corrected chi connectivity index (χ1v) is 5.02. The maximum atomic E-state index is 9.07. The van der Waals surface area contributed by atoms with Gasteiger partial charge in [-0.25, -0.2) is 0 Å². The van der Waals surface area contributed by atoms with E-state index in [2.05, 4.69) is 34.6 Å². The highest BCUT2D eigenvalue weighted by molar-refractivity contribution is 9.11. The fourth-order valence-electron chi connectivity index (χ4n) is 1.17. The molecule has 1 N–H and O–H groups in total. The lowest BCUT2D eigenvalue weighted by atomic mass is 10.0. The summed E-state index contributed by atoms with van der Waals surface area (Å²) in [6, 6.07) is 10.1. The van der Waals surface area contributed by atoms with E-state index in [1.165, 1.54) is 5.56 Å². The quantitative estimate of drug-likeness (QED) is 0.859. The largest absolute Gasteiger partial charge is 0.396 e. The molecule has 0 bridgehead atoms. The molecule has 0 aliphatic heterocycles. The Balaban J connectivity index is 2.62. The Kier molecular flexibility index (Phi) is 4.19. The molecular weight excluding hydrogens is 228 g/mol. The predicted octanol–water partition coefficient (Wildman–Crippen LogP) is 2.75. The smallest absolute Gasteiger partial charge is 0.0507 e.